The number of fused-ring (bicyclic) bond motifs is 1. The number of carboxylic acid groups (broad SMARTS) is 1. The fourth-order valence-corrected chi connectivity index (χ4v) is 2.78. The molecule has 0 fully saturated rings. The molecule has 22 heavy (non-hydrogen) atoms. The largest absolute Gasteiger partial charge is 0.481 e. The summed E-state index contributed by atoms with van der Waals surface area (Å²) in [7, 11) is 0. The Morgan fingerprint density at radius 1 is 1.36 bits per heavy atom. The summed E-state index contributed by atoms with van der Waals surface area (Å²) in [4.78, 5) is 15.6. The lowest BCUT2D eigenvalue weighted by atomic mass is 9.97. The third-order valence-corrected chi connectivity index (χ3v) is 3.78. The molecule has 1 atom stereocenters. The van der Waals surface area contributed by atoms with E-state index in [0.29, 0.717) is 25.4 Å². The molecule has 0 spiro atoms. The van der Waals surface area contributed by atoms with Crippen molar-refractivity contribution >= 4 is 16.9 Å². The minimum atomic E-state index is -0.722. The predicted octanol–water partition coefficient (Wildman–Crippen LogP) is 3.38. The van der Waals surface area contributed by atoms with Gasteiger partial charge in [0.15, 0.2) is 0 Å². The number of pyridine rings is 1. The number of carbonyl (C=O) groups is 1. The van der Waals surface area contributed by atoms with Crippen molar-refractivity contribution in [1.82, 2.24) is 10.3 Å². The molecule has 1 heterocycles. The summed E-state index contributed by atoms with van der Waals surface area (Å²) in [6, 6.07) is 8.21. The van der Waals surface area contributed by atoms with E-state index < -0.39 is 5.97 Å². The van der Waals surface area contributed by atoms with Crippen molar-refractivity contribution in [3.63, 3.8) is 0 Å². The van der Waals surface area contributed by atoms with E-state index in [4.69, 9.17) is 0 Å². The molecule has 0 aliphatic heterocycles. The molecule has 0 amide bonds. The van der Waals surface area contributed by atoms with Gasteiger partial charge in [-0.25, -0.2) is 0 Å². The van der Waals surface area contributed by atoms with Gasteiger partial charge >= 0.3 is 5.97 Å². The Balaban J connectivity index is 2.01. The molecule has 2 rings (SSSR count). The van der Waals surface area contributed by atoms with Gasteiger partial charge in [0.1, 0.15) is 0 Å². The average molecular weight is 300 g/mol. The lowest BCUT2D eigenvalue weighted by molar-refractivity contribution is -0.142. The third kappa shape index (κ3) is 4.28. The van der Waals surface area contributed by atoms with E-state index in [-0.39, 0.29) is 5.92 Å². The first-order valence-corrected chi connectivity index (χ1v) is 7.75. The van der Waals surface area contributed by atoms with Gasteiger partial charge in [-0.05, 0) is 42.5 Å². The summed E-state index contributed by atoms with van der Waals surface area (Å²) in [5.74, 6) is -0.666. The lowest BCUT2D eigenvalue weighted by Gasteiger charge is -2.15. The first-order valence-electron chi connectivity index (χ1n) is 7.75. The van der Waals surface area contributed by atoms with Crippen LogP contribution in [-0.4, -0.2) is 22.6 Å². The van der Waals surface area contributed by atoms with Crippen LogP contribution in [0.2, 0.25) is 0 Å². The molecule has 0 radical (unpaired) electrons. The van der Waals surface area contributed by atoms with E-state index in [9.17, 15) is 9.90 Å². The third-order valence-electron chi connectivity index (χ3n) is 3.78. The first kappa shape index (κ1) is 16.4. The van der Waals surface area contributed by atoms with Gasteiger partial charge in [0.05, 0.1) is 11.4 Å². The van der Waals surface area contributed by atoms with E-state index in [1.807, 2.05) is 6.07 Å². The number of benzene rings is 1. The van der Waals surface area contributed by atoms with Crippen molar-refractivity contribution in [3.8, 4) is 0 Å². The van der Waals surface area contributed by atoms with Crippen molar-refractivity contribution in [3.05, 3.63) is 41.6 Å². The van der Waals surface area contributed by atoms with Crippen LogP contribution in [0, 0.1) is 18.8 Å². The lowest BCUT2D eigenvalue weighted by Crippen LogP contribution is -2.29. The van der Waals surface area contributed by atoms with Gasteiger partial charge in [-0.3, -0.25) is 9.78 Å². The van der Waals surface area contributed by atoms with Gasteiger partial charge in [0, 0.05) is 24.7 Å². The van der Waals surface area contributed by atoms with Crippen LogP contribution in [0.15, 0.2) is 30.5 Å². The van der Waals surface area contributed by atoms with E-state index >= 15 is 0 Å². The van der Waals surface area contributed by atoms with E-state index in [0.717, 1.165) is 22.0 Å². The Labute approximate surface area is 131 Å². The molecule has 0 aliphatic carbocycles. The second-order valence-electron chi connectivity index (χ2n) is 6.28. The number of aliphatic carboxylic acids is 1. The van der Waals surface area contributed by atoms with E-state index in [1.54, 1.807) is 6.20 Å². The summed E-state index contributed by atoms with van der Waals surface area (Å²) in [5, 5.41) is 13.7. The highest BCUT2D eigenvalue weighted by Crippen LogP contribution is 2.18. The molecular weight excluding hydrogens is 276 g/mol. The predicted molar refractivity (Wildman–Crippen MR) is 88.8 cm³/mol. The molecule has 4 nitrogen and oxygen atoms in total. The average Bonchev–Trinajstić information content (AvgIpc) is 2.46. The molecule has 4 heteroatoms. The smallest absolute Gasteiger partial charge is 0.307 e. The number of rotatable bonds is 7. The molecule has 118 valence electrons. The van der Waals surface area contributed by atoms with Crippen LogP contribution in [0.5, 0.6) is 0 Å². The highest BCUT2D eigenvalue weighted by Gasteiger charge is 2.18. The fraction of sp³-hybridized carbons (Fsp3) is 0.444. The number of nitrogens with zero attached hydrogens (tertiary/aromatic N) is 1. The highest BCUT2D eigenvalue weighted by atomic mass is 16.4. The van der Waals surface area contributed by atoms with Crippen molar-refractivity contribution in [2.75, 3.05) is 6.54 Å². The molecule has 0 saturated heterocycles. The Kier molecular flexibility index (Phi) is 5.50. The number of aromatic nitrogens is 1. The molecule has 0 bridgehead atoms. The quantitative estimate of drug-likeness (QED) is 0.823. The summed E-state index contributed by atoms with van der Waals surface area (Å²) in [6.45, 7) is 7.33. The molecule has 1 aromatic heterocycles. The standard InChI is InChI=1S/C18H24N2O2/c1-12(2)7-16(18(21)22)11-19-10-14-8-13(3)17-15(9-14)5-4-6-20-17/h4-6,8-9,12,16,19H,7,10-11H2,1-3H3,(H,21,22). The number of hydrogen-bond donors (Lipinski definition) is 2. The minimum Gasteiger partial charge on any atom is -0.481 e. The fourth-order valence-electron chi connectivity index (χ4n) is 2.78. The molecule has 1 aromatic carbocycles. The van der Waals surface area contributed by atoms with Crippen molar-refractivity contribution in [2.45, 2.75) is 33.7 Å². The van der Waals surface area contributed by atoms with Crippen LogP contribution in [0.1, 0.15) is 31.4 Å². The van der Waals surface area contributed by atoms with Crippen molar-refractivity contribution < 1.29 is 9.90 Å². The summed E-state index contributed by atoms with van der Waals surface area (Å²) < 4.78 is 0. The van der Waals surface area contributed by atoms with Gasteiger partial charge in [-0.2, -0.15) is 0 Å². The molecule has 0 aliphatic rings. The van der Waals surface area contributed by atoms with Gasteiger partial charge in [-0.15, -0.1) is 0 Å². The second-order valence-corrected chi connectivity index (χ2v) is 6.28. The minimum absolute atomic E-state index is 0.330. The molecular formula is C18H24N2O2. The van der Waals surface area contributed by atoms with E-state index in [1.165, 1.54) is 0 Å². The second kappa shape index (κ2) is 7.36. The number of carboxylic acids is 1. The van der Waals surface area contributed by atoms with E-state index in [2.05, 4.69) is 49.3 Å². The van der Waals surface area contributed by atoms with Crippen LogP contribution in [0.25, 0.3) is 10.9 Å². The molecule has 2 aromatic rings. The summed E-state index contributed by atoms with van der Waals surface area (Å²) in [5.41, 5.74) is 3.33. The van der Waals surface area contributed by atoms with Crippen LogP contribution in [0.3, 0.4) is 0 Å². The summed E-state index contributed by atoms with van der Waals surface area (Å²) in [6.07, 6.45) is 2.50. The van der Waals surface area contributed by atoms with Gasteiger partial charge in [-0.1, -0.05) is 26.0 Å². The van der Waals surface area contributed by atoms with Crippen LogP contribution in [0.4, 0.5) is 0 Å². The zero-order valence-electron chi connectivity index (χ0n) is 13.5. The SMILES string of the molecule is Cc1cc(CNCC(CC(C)C)C(=O)O)cc2cccnc12. The maximum absolute atomic E-state index is 11.3. The van der Waals surface area contributed by atoms with Gasteiger partial charge in [0.25, 0.3) is 0 Å². The Bertz CT molecular complexity index is 653. The molecule has 0 saturated carbocycles. The zero-order valence-corrected chi connectivity index (χ0v) is 13.5. The highest BCUT2D eigenvalue weighted by molar-refractivity contribution is 5.82. The van der Waals surface area contributed by atoms with Gasteiger partial charge < -0.3 is 10.4 Å². The number of nitrogens with one attached hydrogen (secondary N) is 1. The van der Waals surface area contributed by atoms with Crippen molar-refractivity contribution in [1.29, 1.82) is 0 Å². The normalized spacial score (nSPS) is 12.7. The summed E-state index contributed by atoms with van der Waals surface area (Å²) >= 11 is 0. The zero-order chi connectivity index (χ0) is 16.1. The van der Waals surface area contributed by atoms with Crippen LogP contribution in [-0.2, 0) is 11.3 Å². The molecule has 2 N–H and O–H groups in total. The Morgan fingerprint density at radius 2 is 2.14 bits per heavy atom. The monoisotopic (exact) mass is 300 g/mol. The Hall–Kier alpha value is -1.94. The molecule has 1 unspecified atom stereocenters. The van der Waals surface area contributed by atoms with Crippen LogP contribution >= 0.6 is 0 Å². The first-order chi connectivity index (χ1) is 10.5. The maximum Gasteiger partial charge on any atom is 0.307 e. The maximum atomic E-state index is 11.3. The Morgan fingerprint density at radius 3 is 2.82 bits per heavy atom. The number of aryl methyl sites for hydroxylation is 1. The topological polar surface area (TPSA) is 62.2 Å². The van der Waals surface area contributed by atoms with Crippen molar-refractivity contribution in [2.24, 2.45) is 11.8 Å². The van der Waals surface area contributed by atoms with Gasteiger partial charge in [0.2, 0.25) is 0 Å². The number of hydrogen-bond acceptors (Lipinski definition) is 3. The van der Waals surface area contributed by atoms with Crippen LogP contribution < -0.4 is 5.32 Å².